The summed E-state index contributed by atoms with van der Waals surface area (Å²) in [4.78, 5) is 4.44. The maximum Gasteiger partial charge on any atom is 0.243 e. The Balaban J connectivity index is 1.70. The third-order valence-corrected chi connectivity index (χ3v) is 3.00. The van der Waals surface area contributed by atoms with Crippen molar-refractivity contribution in [2.24, 2.45) is 0 Å². The van der Waals surface area contributed by atoms with E-state index in [0.29, 0.717) is 12.0 Å². The SMILES string of the molecule is CC(Cc1ccccc1)Nc1nc2ccccn2n1. The van der Waals surface area contributed by atoms with E-state index in [4.69, 9.17) is 0 Å². The first kappa shape index (κ1) is 11.7. The van der Waals surface area contributed by atoms with Gasteiger partial charge in [0.15, 0.2) is 5.65 Å². The molecule has 2 heterocycles. The smallest absolute Gasteiger partial charge is 0.243 e. The van der Waals surface area contributed by atoms with Crippen molar-refractivity contribution in [3.8, 4) is 0 Å². The van der Waals surface area contributed by atoms with E-state index in [9.17, 15) is 0 Å². The molecule has 3 aromatic rings. The Bertz CT molecular complexity index is 627. The van der Waals surface area contributed by atoms with E-state index in [-0.39, 0.29) is 0 Å². The Labute approximate surface area is 112 Å². The van der Waals surface area contributed by atoms with Crippen molar-refractivity contribution in [1.29, 1.82) is 0 Å². The molecule has 0 amide bonds. The molecule has 4 heteroatoms. The normalized spacial score (nSPS) is 12.5. The van der Waals surface area contributed by atoms with Gasteiger partial charge in [-0.1, -0.05) is 36.4 Å². The Morgan fingerprint density at radius 3 is 2.68 bits per heavy atom. The molecule has 1 N–H and O–H groups in total. The largest absolute Gasteiger partial charge is 0.350 e. The second-order valence-corrected chi connectivity index (χ2v) is 4.67. The number of nitrogens with zero attached hydrogens (tertiary/aromatic N) is 3. The molecule has 19 heavy (non-hydrogen) atoms. The maximum atomic E-state index is 4.44. The van der Waals surface area contributed by atoms with Gasteiger partial charge in [-0.25, -0.2) is 4.52 Å². The molecule has 0 spiro atoms. The van der Waals surface area contributed by atoms with Crippen molar-refractivity contribution in [1.82, 2.24) is 14.6 Å². The molecule has 1 aromatic carbocycles. The molecule has 0 saturated heterocycles. The fourth-order valence-corrected chi connectivity index (χ4v) is 2.13. The van der Waals surface area contributed by atoms with E-state index in [0.717, 1.165) is 12.1 Å². The van der Waals surface area contributed by atoms with Crippen LogP contribution in [-0.4, -0.2) is 20.6 Å². The van der Waals surface area contributed by atoms with Gasteiger partial charge in [0.2, 0.25) is 5.95 Å². The van der Waals surface area contributed by atoms with Crippen LogP contribution in [0.25, 0.3) is 5.65 Å². The molecule has 96 valence electrons. The summed E-state index contributed by atoms with van der Waals surface area (Å²) in [5.74, 6) is 0.676. The van der Waals surface area contributed by atoms with E-state index < -0.39 is 0 Å². The summed E-state index contributed by atoms with van der Waals surface area (Å²) in [5, 5.41) is 7.73. The molecule has 3 rings (SSSR count). The van der Waals surface area contributed by atoms with Gasteiger partial charge < -0.3 is 5.32 Å². The summed E-state index contributed by atoms with van der Waals surface area (Å²) in [6.45, 7) is 2.14. The number of pyridine rings is 1. The highest BCUT2D eigenvalue weighted by Crippen LogP contribution is 2.09. The monoisotopic (exact) mass is 252 g/mol. The zero-order valence-electron chi connectivity index (χ0n) is 10.8. The second-order valence-electron chi connectivity index (χ2n) is 4.67. The van der Waals surface area contributed by atoms with Gasteiger partial charge >= 0.3 is 0 Å². The minimum atomic E-state index is 0.291. The number of hydrogen-bond acceptors (Lipinski definition) is 3. The molecule has 0 aliphatic rings. The van der Waals surface area contributed by atoms with Gasteiger partial charge in [-0.05, 0) is 31.0 Å². The number of nitrogens with one attached hydrogen (secondary N) is 1. The highest BCUT2D eigenvalue weighted by Gasteiger charge is 2.07. The number of anilines is 1. The van der Waals surface area contributed by atoms with Crippen LogP contribution < -0.4 is 5.32 Å². The summed E-state index contributed by atoms with van der Waals surface area (Å²) < 4.78 is 1.78. The van der Waals surface area contributed by atoms with Crippen molar-refractivity contribution < 1.29 is 0 Å². The summed E-state index contributed by atoms with van der Waals surface area (Å²) in [7, 11) is 0. The van der Waals surface area contributed by atoms with Crippen LogP contribution in [0.15, 0.2) is 54.7 Å². The minimum Gasteiger partial charge on any atom is -0.350 e. The van der Waals surface area contributed by atoms with Gasteiger partial charge in [-0.3, -0.25) is 0 Å². The topological polar surface area (TPSA) is 42.2 Å². The maximum absolute atomic E-state index is 4.44. The lowest BCUT2D eigenvalue weighted by Gasteiger charge is -2.11. The zero-order valence-corrected chi connectivity index (χ0v) is 10.8. The van der Waals surface area contributed by atoms with Crippen molar-refractivity contribution >= 4 is 11.6 Å². The van der Waals surface area contributed by atoms with Crippen LogP contribution in [0.1, 0.15) is 12.5 Å². The third-order valence-electron chi connectivity index (χ3n) is 3.00. The molecule has 1 unspecified atom stereocenters. The average molecular weight is 252 g/mol. The predicted octanol–water partition coefficient (Wildman–Crippen LogP) is 2.77. The number of benzene rings is 1. The lowest BCUT2D eigenvalue weighted by Crippen LogP contribution is -2.18. The molecular formula is C15H16N4. The quantitative estimate of drug-likeness (QED) is 0.776. The molecule has 0 saturated carbocycles. The van der Waals surface area contributed by atoms with E-state index >= 15 is 0 Å². The first-order chi connectivity index (χ1) is 9.31. The average Bonchev–Trinajstić information content (AvgIpc) is 2.81. The lowest BCUT2D eigenvalue weighted by molar-refractivity contribution is 0.775. The molecule has 4 nitrogen and oxygen atoms in total. The highest BCUT2D eigenvalue weighted by molar-refractivity contribution is 5.43. The Hall–Kier alpha value is -2.36. The van der Waals surface area contributed by atoms with Gasteiger partial charge in [-0.15, -0.1) is 5.10 Å². The fraction of sp³-hybridized carbons (Fsp3) is 0.200. The summed E-state index contributed by atoms with van der Waals surface area (Å²) >= 11 is 0. The van der Waals surface area contributed by atoms with Crippen molar-refractivity contribution in [3.63, 3.8) is 0 Å². The zero-order chi connectivity index (χ0) is 13.1. The van der Waals surface area contributed by atoms with E-state index in [1.54, 1.807) is 4.52 Å². The summed E-state index contributed by atoms with van der Waals surface area (Å²) in [6.07, 6.45) is 2.85. The van der Waals surface area contributed by atoms with E-state index in [1.807, 2.05) is 30.5 Å². The number of hydrogen-bond donors (Lipinski definition) is 1. The summed E-state index contributed by atoms with van der Waals surface area (Å²) in [6, 6.07) is 16.6. The molecular weight excluding hydrogens is 236 g/mol. The van der Waals surface area contributed by atoms with Gasteiger partial charge in [0.05, 0.1) is 0 Å². The molecule has 2 aromatic heterocycles. The highest BCUT2D eigenvalue weighted by atomic mass is 15.3. The first-order valence-corrected chi connectivity index (χ1v) is 6.43. The minimum absolute atomic E-state index is 0.291. The van der Waals surface area contributed by atoms with Gasteiger partial charge in [0.25, 0.3) is 0 Å². The molecule has 0 aliphatic heterocycles. The van der Waals surface area contributed by atoms with E-state index in [1.165, 1.54) is 5.56 Å². The number of fused-ring (bicyclic) bond motifs is 1. The second kappa shape index (κ2) is 5.10. The van der Waals surface area contributed by atoms with Gasteiger partial charge in [0.1, 0.15) is 0 Å². The Morgan fingerprint density at radius 1 is 1.11 bits per heavy atom. The fourth-order valence-electron chi connectivity index (χ4n) is 2.13. The van der Waals surface area contributed by atoms with Crippen LogP contribution in [0.5, 0.6) is 0 Å². The molecule has 0 bridgehead atoms. The van der Waals surface area contributed by atoms with Crippen molar-refractivity contribution in [3.05, 3.63) is 60.3 Å². The van der Waals surface area contributed by atoms with Gasteiger partial charge in [0, 0.05) is 12.2 Å². The van der Waals surface area contributed by atoms with Crippen LogP contribution in [0, 0.1) is 0 Å². The van der Waals surface area contributed by atoms with Crippen LogP contribution in [0.3, 0.4) is 0 Å². The molecule has 0 fully saturated rings. The van der Waals surface area contributed by atoms with Crippen LogP contribution in [0.2, 0.25) is 0 Å². The van der Waals surface area contributed by atoms with Crippen LogP contribution in [0.4, 0.5) is 5.95 Å². The number of rotatable bonds is 4. The predicted molar refractivity (Wildman–Crippen MR) is 76.2 cm³/mol. The molecule has 1 atom stereocenters. The summed E-state index contributed by atoms with van der Waals surface area (Å²) in [5.41, 5.74) is 2.17. The van der Waals surface area contributed by atoms with Crippen molar-refractivity contribution in [2.45, 2.75) is 19.4 Å². The molecule has 0 radical (unpaired) electrons. The molecule has 0 aliphatic carbocycles. The van der Waals surface area contributed by atoms with Crippen LogP contribution >= 0.6 is 0 Å². The third kappa shape index (κ3) is 2.73. The Kier molecular flexibility index (Phi) is 3.14. The lowest BCUT2D eigenvalue weighted by atomic mass is 10.1. The standard InChI is InChI=1S/C15H16N4/c1-12(11-13-7-3-2-4-8-13)16-15-17-14-9-5-6-10-19(14)18-15/h2-10,12H,11H2,1H3,(H,16,18). The van der Waals surface area contributed by atoms with Crippen LogP contribution in [-0.2, 0) is 6.42 Å². The van der Waals surface area contributed by atoms with Crippen molar-refractivity contribution in [2.75, 3.05) is 5.32 Å². The van der Waals surface area contributed by atoms with E-state index in [2.05, 4.69) is 46.6 Å². The first-order valence-electron chi connectivity index (χ1n) is 6.43. The number of aromatic nitrogens is 3. The Morgan fingerprint density at radius 2 is 1.89 bits per heavy atom. The van der Waals surface area contributed by atoms with Gasteiger partial charge in [-0.2, -0.15) is 4.98 Å².